The lowest BCUT2D eigenvalue weighted by atomic mass is 10.1. The van der Waals surface area contributed by atoms with Crippen LogP contribution in [0.5, 0.6) is 0 Å². The number of aryl methyl sites for hydroxylation is 1. The first-order valence-corrected chi connectivity index (χ1v) is 9.46. The minimum absolute atomic E-state index is 0.0788. The quantitative estimate of drug-likeness (QED) is 0.800. The van der Waals surface area contributed by atoms with Crippen LogP contribution in [-0.4, -0.2) is 47.8 Å². The van der Waals surface area contributed by atoms with Gasteiger partial charge in [-0.15, -0.1) is 0 Å². The van der Waals surface area contributed by atoms with Crippen molar-refractivity contribution in [2.24, 2.45) is 0 Å². The molecule has 0 spiro atoms. The molecule has 1 fully saturated rings. The lowest BCUT2D eigenvalue weighted by Crippen LogP contribution is -2.49. The first kappa shape index (κ1) is 19.1. The van der Waals surface area contributed by atoms with Crippen LogP contribution in [0.25, 0.3) is 0 Å². The van der Waals surface area contributed by atoms with E-state index in [9.17, 15) is 9.59 Å². The molecule has 2 aromatic carbocycles. The Hall–Kier alpha value is -2.66. The number of hydrogen-bond acceptors (Lipinski definition) is 3. The van der Waals surface area contributed by atoms with Crippen LogP contribution in [0.4, 0.5) is 0 Å². The van der Waals surface area contributed by atoms with Gasteiger partial charge in [-0.25, -0.2) is 0 Å². The molecule has 5 heteroatoms. The topological polar surface area (TPSA) is 52.7 Å². The number of carbonyl (C=O) groups excluding carboxylic acids is 2. The summed E-state index contributed by atoms with van der Waals surface area (Å²) in [5.74, 6) is -0.303. The van der Waals surface area contributed by atoms with Gasteiger partial charge in [0.15, 0.2) is 0 Å². The molecule has 27 heavy (non-hydrogen) atoms. The van der Waals surface area contributed by atoms with Crippen LogP contribution in [0.15, 0.2) is 54.6 Å². The van der Waals surface area contributed by atoms with Gasteiger partial charge in [-0.1, -0.05) is 60.2 Å². The Labute approximate surface area is 161 Å². The monoisotopic (exact) mass is 365 g/mol. The molecule has 1 heterocycles. The van der Waals surface area contributed by atoms with Crippen LogP contribution in [0, 0.1) is 6.92 Å². The van der Waals surface area contributed by atoms with E-state index < -0.39 is 0 Å². The number of nitrogens with one attached hydrogen (secondary N) is 1. The molecule has 0 aliphatic carbocycles. The highest BCUT2D eigenvalue weighted by Crippen LogP contribution is 2.09. The maximum Gasteiger partial charge on any atom is 0.232 e. The molecule has 3 rings (SSSR count). The van der Waals surface area contributed by atoms with Gasteiger partial charge in [0.05, 0.1) is 0 Å². The van der Waals surface area contributed by atoms with Gasteiger partial charge in [-0.05, 0) is 18.1 Å². The zero-order chi connectivity index (χ0) is 19.1. The van der Waals surface area contributed by atoms with E-state index in [4.69, 9.17) is 0 Å². The molecule has 0 unspecified atom stereocenters. The second-order valence-electron chi connectivity index (χ2n) is 7.08. The predicted octanol–water partition coefficient (Wildman–Crippen LogP) is 2.35. The smallest absolute Gasteiger partial charge is 0.232 e. The van der Waals surface area contributed by atoms with E-state index >= 15 is 0 Å². The van der Waals surface area contributed by atoms with E-state index in [2.05, 4.69) is 22.3 Å². The Balaban J connectivity index is 1.38. The predicted molar refractivity (Wildman–Crippen MR) is 106 cm³/mol. The van der Waals surface area contributed by atoms with Crippen molar-refractivity contribution in [2.45, 2.75) is 26.4 Å². The van der Waals surface area contributed by atoms with Gasteiger partial charge in [0.2, 0.25) is 11.8 Å². The summed E-state index contributed by atoms with van der Waals surface area (Å²) in [5, 5.41) is 2.83. The molecular formula is C22H27N3O2. The van der Waals surface area contributed by atoms with Gasteiger partial charge in [0, 0.05) is 39.3 Å². The van der Waals surface area contributed by atoms with E-state index in [0.717, 1.165) is 25.2 Å². The zero-order valence-corrected chi connectivity index (χ0v) is 15.9. The van der Waals surface area contributed by atoms with Crippen molar-refractivity contribution in [3.8, 4) is 0 Å². The van der Waals surface area contributed by atoms with Gasteiger partial charge in [0.1, 0.15) is 6.42 Å². The third-order valence-electron chi connectivity index (χ3n) is 4.90. The summed E-state index contributed by atoms with van der Waals surface area (Å²) in [7, 11) is 0. The van der Waals surface area contributed by atoms with Crippen molar-refractivity contribution in [1.82, 2.24) is 15.1 Å². The van der Waals surface area contributed by atoms with Gasteiger partial charge in [-0.3, -0.25) is 14.5 Å². The lowest BCUT2D eigenvalue weighted by Gasteiger charge is -2.34. The summed E-state index contributed by atoms with van der Waals surface area (Å²) in [6.45, 7) is 6.42. The highest BCUT2D eigenvalue weighted by molar-refractivity contribution is 5.96. The fourth-order valence-corrected chi connectivity index (χ4v) is 3.22. The van der Waals surface area contributed by atoms with Crippen LogP contribution < -0.4 is 5.32 Å². The van der Waals surface area contributed by atoms with Crippen LogP contribution in [0.1, 0.15) is 23.1 Å². The molecule has 0 radical (unpaired) electrons. The summed E-state index contributed by atoms with van der Waals surface area (Å²) in [5.41, 5.74) is 3.51. The fourth-order valence-electron chi connectivity index (χ4n) is 3.22. The minimum atomic E-state index is -0.215. The Morgan fingerprint density at radius 2 is 1.56 bits per heavy atom. The van der Waals surface area contributed by atoms with Crippen molar-refractivity contribution < 1.29 is 9.59 Å². The molecule has 142 valence electrons. The van der Waals surface area contributed by atoms with Crippen molar-refractivity contribution in [3.05, 3.63) is 71.3 Å². The first-order chi connectivity index (χ1) is 13.1. The number of amides is 2. The van der Waals surface area contributed by atoms with Crippen LogP contribution in [-0.2, 0) is 22.7 Å². The Morgan fingerprint density at radius 3 is 2.22 bits per heavy atom. The van der Waals surface area contributed by atoms with E-state index in [1.807, 2.05) is 49.4 Å². The normalized spacial score (nSPS) is 14.8. The third kappa shape index (κ3) is 5.93. The average Bonchev–Trinajstić information content (AvgIpc) is 2.69. The lowest BCUT2D eigenvalue weighted by molar-refractivity contribution is -0.137. The SMILES string of the molecule is Cc1ccc(CNC(=O)CC(=O)N2CCN(Cc3ccccc3)CC2)cc1. The first-order valence-electron chi connectivity index (χ1n) is 9.46. The average molecular weight is 365 g/mol. The summed E-state index contributed by atoms with van der Waals surface area (Å²) in [6, 6.07) is 18.4. The van der Waals surface area contributed by atoms with Gasteiger partial charge >= 0.3 is 0 Å². The number of carbonyl (C=O) groups is 2. The number of hydrogen-bond donors (Lipinski definition) is 1. The molecule has 2 amide bonds. The van der Waals surface area contributed by atoms with Gasteiger partial charge in [-0.2, -0.15) is 0 Å². The van der Waals surface area contributed by atoms with E-state index in [1.54, 1.807) is 4.90 Å². The molecule has 0 saturated carbocycles. The second kappa shape index (κ2) is 9.33. The van der Waals surface area contributed by atoms with Crippen molar-refractivity contribution in [3.63, 3.8) is 0 Å². The number of rotatable bonds is 6. The van der Waals surface area contributed by atoms with Crippen LogP contribution in [0.2, 0.25) is 0 Å². The van der Waals surface area contributed by atoms with Crippen molar-refractivity contribution in [1.29, 1.82) is 0 Å². The number of piperazine rings is 1. The van der Waals surface area contributed by atoms with Crippen LogP contribution in [0.3, 0.4) is 0 Å². The Kier molecular flexibility index (Phi) is 6.60. The molecule has 0 aromatic heterocycles. The highest BCUT2D eigenvalue weighted by atomic mass is 16.2. The highest BCUT2D eigenvalue weighted by Gasteiger charge is 2.22. The molecule has 2 aromatic rings. The zero-order valence-electron chi connectivity index (χ0n) is 15.9. The van der Waals surface area contributed by atoms with Crippen LogP contribution >= 0.6 is 0 Å². The molecule has 1 saturated heterocycles. The minimum Gasteiger partial charge on any atom is -0.352 e. The molecular weight excluding hydrogens is 338 g/mol. The standard InChI is InChI=1S/C22H27N3O2/c1-18-7-9-19(10-8-18)16-23-21(26)15-22(27)25-13-11-24(12-14-25)17-20-5-3-2-4-6-20/h2-10H,11-17H2,1H3,(H,23,26). The fraction of sp³-hybridized carbons (Fsp3) is 0.364. The molecule has 5 nitrogen and oxygen atoms in total. The second-order valence-corrected chi connectivity index (χ2v) is 7.08. The molecule has 1 N–H and O–H groups in total. The maximum absolute atomic E-state index is 12.4. The molecule has 0 atom stereocenters. The summed E-state index contributed by atoms with van der Waals surface area (Å²) in [6.07, 6.45) is -0.0788. The van der Waals surface area contributed by atoms with E-state index in [-0.39, 0.29) is 18.2 Å². The van der Waals surface area contributed by atoms with E-state index in [1.165, 1.54) is 11.1 Å². The molecule has 1 aliphatic heterocycles. The Morgan fingerprint density at radius 1 is 0.889 bits per heavy atom. The largest absolute Gasteiger partial charge is 0.352 e. The molecule has 0 bridgehead atoms. The summed E-state index contributed by atoms with van der Waals surface area (Å²) < 4.78 is 0. The summed E-state index contributed by atoms with van der Waals surface area (Å²) in [4.78, 5) is 28.6. The van der Waals surface area contributed by atoms with Crippen molar-refractivity contribution >= 4 is 11.8 Å². The maximum atomic E-state index is 12.4. The summed E-state index contributed by atoms with van der Waals surface area (Å²) >= 11 is 0. The van der Waals surface area contributed by atoms with Gasteiger partial charge < -0.3 is 10.2 Å². The Bertz CT molecular complexity index is 751. The third-order valence-corrected chi connectivity index (χ3v) is 4.90. The van der Waals surface area contributed by atoms with E-state index in [0.29, 0.717) is 19.6 Å². The van der Waals surface area contributed by atoms with Crippen molar-refractivity contribution in [2.75, 3.05) is 26.2 Å². The van der Waals surface area contributed by atoms with Gasteiger partial charge in [0.25, 0.3) is 0 Å². The number of nitrogens with zero attached hydrogens (tertiary/aromatic N) is 2. The number of benzene rings is 2. The molecule has 1 aliphatic rings.